The molecule has 0 aromatic heterocycles. The van der Waals surface area contributed by atoms with Gasteiger partial charge in [-0.1, -0.05) is 0 Å². The summed E-state index contributed by atoms with van der Waals surface area (Å²) in [6, 6.07) is 6.40. The van der Waals surface area contributed by atoms with E-state index in [-0.39, 0.29) is 30.4 Å². The summed E-state index contributed by atoms with van der Waals surface area (Å²) in [5, 5.41) is 5.49. The fourth-order valence-electron chi connectivity index (χ4n) is 3.62. The first kappa shape index (κ1) is 18.5. The number of carbonyl (C=O) groups excluding carboxylic acids is 2. The second-order valence-electron chi connectivity index (χ2n) is 7.18. The molecule has 142 valence electrons. The number of hydrogen-bond donors (Lipinski definition) is 3. The number of fused-ring (bicyclic) bond motifs is 1. The molecule has 2 amide bonds. The molecule has 1 saturated heterocycles. The third-order valence-corrected chi connectivity index (χ3v) is 4.74. The van der Waals surface area contributed by atoms with Gasteiger partial charge in [0.1, 0.15) is 19.3 Å². The quantitative estimate of drug-likeness (QED) is 0.656. The summed E-state index contributed by atoms with van der Waals surface area (Å²) < 4.78 is 11.3. The van der Waals surface area contributed by atoms with Gasteiger partial charge in [0.25, 0.3) is 5.91 Å². The van der Waals surface area contributed by atoms with Crippen LogP contribution in [-0.4, -0.2) is 50.7 Å². The number of hydrogen-bond acceptors (Lipinski definition) is 4. The molecule has 0 bridgehead atoms. The Balaban J connectivity index is 1.56. The van der Waals surface area contributed by atoms with Crippen LogP contribution in [0.3, 0.4) is 0 Å². The van der Waals surface area contributed by atoms with E-state index >= 15 is 0 Å². The van der Waals surface area contributed by atoms with E-state index in [0.29, 0.717) is 19.8 Å². The van der Waals surface area contributed by atoms with Crippen molar-refractivity contribution in [2.24, 2.45) is 0 Å². The van der Waals surface area contributed by atoms with Gasteiger partial charge >= 0.3 is 0 Å². The maximum atomic E-state index is 12.2. The highest BCUT2D eigenvalue weighted by Crippen LogP contribution is 2.33. The van der Waals surface area contributed by atoms with Gasteiger partial charge < -0.3 is 25.0 Å². The first-order chi connectivity index (χ1) is 12.5. The predicted molar refractivity (Wildman–Crippen MR) is 96.4 cm³/mol. The van der Waals surface area contributed by atoms with E-state index in [1.165, 1.54) is 10.5 Å². The summed E-state index contributed by atoms with van der Waals surface area (Å²) >= 11 is 0. The van der Waals surface area contributed by atoms with Crippen LogP contribution in [0.25, 0.3) is 0 Å². The van der Waals surface area contributed by atoms with Gasteiger partial charge in [0, 0.05) is 24.4 Å². The monoisotopic (exact) mass is 362 g/mol. The average molecular weight is 362 g/mol. The van der Waals surface area contributed by atoms with Gasteiger partial charge in [0.15, 0.2) is 18.0 Å². The van der Waals surface area contributed by atoms with Crippen molar-refractivity contribution in [2.75, 3.05) is 32.8 Å². The van der Waals surface area contributed by atoms with Gasteiger partial charge in [0.2, 0.25) is 5.91 Å². The number of amides is 2. The summed E-state index contributed by atoms with van der Waals surface area (Å²) in [6.45, 7) is 6.28. The lowest BCUT2D eigenvalue weighted by Crippen LogP contribution is -3.11. The Bertz CT molecular complexity index is 662. The summed E-state index contributed by atoms with van der Waals surface area (Å²) in [6.07, 6.45) is 2.12. The molecule has 3 N–H and O–H groups in total. The Morgan fingerprint density at radius 3 is 2.73 bits per heavy atom. The van der Waals surface area contributed by atoms with Crippen LogP contribution in [0.1, 0.15) is 38.3 Å². The first-order valence-electron chi connectivity index (χ1n) is 9.33. The van der Waals surface area contributed by atoms with E-state index in [1.807, 2.05) is 26.0 Å². The van der Waals surface area contributed by atoms with Crippen molar-refractivity contribution < 1.29 is 24.0 Å². The van der Waals surface area contributed by atoms with Gasteiger partial charge in [0.05, 0.1) is 13.1 Å². The van der Waals surface area contributed by atoms with Crippen molar-refractivity contribution >= 4 is 11.8 Å². The van der Waals surface area contributed by atoms with E-state index in [0.717, 1.165) is 30.9 Å². The SMILES string of the molecule is CC(C)NC(=O)CNC(=O)C[NH+]1CCC[C@@H]1c1ccc2c(c1)OCCO2. The topological polar surface area (TPSA) is 81.1 Å². The van der Waals surface area contributed by atoms with Crippen molar-refractivity contribution in [1.29, 1.82) is 0 Å². The van der Waals surface area contributed by atoms with Crippen LogP contribution >= 0.6 is 0 Å². The molecule has 2 atom stereocenters. The van der Waals surface area contributed by atoms with Crippen LogP contribution in [0.5, 0.6) is 11.5 Å². The molecule has 2 aliphatic heterocycles. The first-order valence-corrected chi connectivity index (χ1v) is 9.33. The minimum absolute atomic E-state index is 0.0268. The zero-order chi connectivity index (χ0) is 18.5. The Morgan fingerprint density at radius 2 is 1.96 bits per heavy atom. The molecule has 0 saturated carbocycles. The van der Waals surface area contributed by atoms with Crippen LogP contribution < -0.4 is 25.0 Å². The van der Waals surface area contributed by atoms with E-state index < -0.39 is 0 Å². The molecule has 0 radical (unpaired) electrons. The van der Waals surface area contributed by atoms with Crippen LogP contribution in [0.4, 0.5) is 0 Å². The normalized spacial score (nSPS) is 21.5. The fourth-order valence-corrected chi connectivity index (χ4v) is 3.62. The lowest BCUT2D eigenvalue weighted by molar-refractivity contribution is -0.910. The molecule has 1 fully saturated rings. The molecule has 7 heteroatoms. The molecular formula is C19H28N3O4+. The molecule has 0 aliphatic carbocycles. The second kappa shape index (κ2) is 8.40. The molecule has 26 heavy (non-hydrogen) atoms. The van der Waals surface area contributed by atoms with Crippen molar-refractivity contribution in [3.63, 3.8) is 0 Å². The molecule has 2 aliphatic rings. The number of likely N-dealkylation sites (tertiary alicyclic amines) is 1. The maximum absolute atomic E-state index is 12.2. The number of ether oxygens (including phenoxy) is 2. The fraction of sp³-hybridized carbons (Fsp3) is 0.579. The van der Waals surface area contributed by atoms with Crippen molar-refractivity contribution in [1.82, 2.24) is 10.6 Å². The van der Waals surface area contributed by atoms with Crippen LogP contribution in [0.15, 0.2) is 18.2 Å². The van der Waals surface area contributed by atoms with Gasteiger partial charge in [-0.25, -0.2) is 0 Å². The van der Waals surface area contributed by atoms with Crippen LogP contribution in [0.2, 0.25) is 0 Å². The average Bonchev–Trinajstić information content (AvgIpc) is 3.07. The lowest BCUT2D eigenvalue weighted by atomic mass is 10.0. The second-order valence-corrected chi connectivity index (χ2v) is 7.18. The summed E-state index contributed by atoms with van der Waals surface area (Å²) in [7, 11) is 0. The summed E-state index contributed by atoms with van der Waals surface area (Å²) in [4.78, 5) is 25.1. The van der Waals surface area contributed by atoms with Gasteiger partial charge in [-0.2, -0.15) is 0 Å². The predicted octanol–water partition coefficient (Wildman–Crippen LogP) is -0.182. The molecule has 1 unspecified atom stereocenters. The van der Waals surface area contributed by atoms with Gasteiger partial charge in [-0.15, -0.1) is 0 Å². The Morgan fingerprint density at radius 1 is 1.19 bits per heavy atom. The zero-order valence-electron chi connectivity index (χ0n) is 15.5. The Kier molecular flexibility index (Phi) is 5.98. The molecule has 0 spiro atoms. The maximum Gasteiger partial charge on any atom is 0.275 e. The van der Waals surface area contributed by atoms with E-state index in [2.05, 4.69) is 16.7 Å². The van der Waals surface area contributed by atoms with Crippen LogP contribution in [0, 0.1) is 0 Å². The highest BCUT2D eigenvalue weighted by Gasteiger charge is 2.32. The van der Waals surface area contributed by atoms with Crippen molar-refractivity contribution in [3.8, 4) is 11.5 Å². The van der Waals surface area contributed by atoms with Gasteiger partial charge in [-0.05, 0) is 32.0 Å². The molecule has 1 aromatic carbocycles. The van der Waals surface area contributed by atoms with Crippen molar-refractivity contribution in [3.05, 3.63) is 23.8 Å². The smallest absolute Gasteiger partial charge is 0.275 e. The third-order valence-electron chi connectivity index (χ3n) is 4.74. The highest BCUT2D eigenvalue weighted by molar-refractivity contribution is 5.85. The summed E-state index contributed by atoms with van der Waals surface area (Å²) in [5.41, 5.74) is 1.17. The number of nitrogens with one attached hydrogen (secondary N) is 3. The molecular weight excluding hydrogens is 334 g/mol. The molecule has 1 aromatic rings. The number of quaternary nitrogens is 1. The van der Waals surface area contributed by atoms with E-state index in [9.17, 15) is 9.59 Å². The minimum atomic E-state index is -0.159. The number of benzene rings is 1. The minimum Gasteiger partial charge on any atom is -0.486 e. The Labute approximate surface area is 154 Å². The standard InChI is InChI=1S/C19H27N3O4/c1-13(2)21-18(23)11-20-19(24)12-22-7-3-4-15(22)14-5-6-16-17(10-14)26-9-8-25-16/h5-6,10,13,15H,3-4,7-9,11-12H2,1-2H3,(H,20,24)(H,21,23)/p+1/t15-/m1/s1. The highest BCUT2D eigenvalue weighted by atomic mass is 16.6. The molecule has 3 rings (SSSR count). The lowest BCUT2D eigenvalue weighted by Gasteiger charge is -2.24. The van der Waals surface area contributed by atoms with Crippen molar-refractivity contribution in [2.45, 2.75) is 38.8 Å². The molecule has 2 heterocycles. The number of carbonyl (C=O) groups is 2. The van der Waals surface area contributed by atoms with E-state index in [1.54, 1.807) is 0 Å². The van der Waals surface area contributed by atoms with Gasteiger partial charge in [-0.3, -0.25) is 9.59 Å². The largest absolute Gasteiger partial charge is 0.486 e. The summed E-state index contributed by atoms with van der Waals surface area (Å²) in [5.74, 6) is 1.32. The third kappa shape index (κ3) is 4.66. The van der Waals surface area contributed by atoms with E-state index in [4.69, 9.17) is 9.47 Å². The van der Waals surface area contributed by atoms with Crippen LogP contribution in [-0.2, 0) is 9.59 Å². The number of rotatable bonds is 6. The Hall–Kier alpha value is -2.28. The molecule has 7 nitrogen and oxygen atoms in total. The zero-order valence-corrected chi connectivity index (χ0v) is 15.5.